The molecule has 2 N–H and O–H groups in total. The number of carbonyl (C=O) groups is 2. The molecule has 25 heavy (non-hydrogen) atoms. The highest BCUT2D eigenvalue weighted by atomic mass is 19.1. The monoisotopic (exact) mass is 342 g/mol. The second kappa shape index (κ2) is 7.44. The summed E-state index contributed by atoms with van der Waals surface area (Å²) in [7, 11) is 0. The van der Waals surface area contributed by atoms with Crippen LogP contribution in [-0.4, -0.2) is 24.5 Å². The van der Waals surface area contributed by atoms with Gasteiger partial charge in [0.2, 0.25) is 0 Å². The zero-order valence-corrected chi connectivity index (χ0v) is 13.8. The van der Waals surface area contributed by atoms with Crippen molar-refractivity contribution in [3.63, 3.8) is 0 Å². The van der Waals surface area contributed by atoms with Gasteiger partial charge >= 0.3 is 5.97 Å². The summed E-state index contributed by atoms with van der Waals surface area (Å²) in [6.07, 6.45) is 0.676. The number of hydrogen-bond acceptors (Lipinski definition) is 4. The summed E-state index contributed by atoms with van der Waals surface area (Å²) < 4.78 is 17.8. The number of amides is 1. The van der Waals surface area contributed by atoms with E-state index in [9.17, 15) is 14.0 Å². The summed E-state index contributed by atoms with van der Waals surface area (Å²) in [5.74, 6) is -0.892. The first kappa shape index (κ1) is 17.1. The van der Waals surface area contributed by atoms with Gasteiger partial charge in [-0.2, -0.15) is 0 Å². The summed E-state index contributed by atoms with van der Waals surface area (Å²) in [6.45, 7) is 2.43. The number of rotatable bonds is 5. The molecule has 0 spiro atoms. The summed E-state index contributed by atoms with van der Waals surface area (Å²) in [6, 6.07) is 12.4. The Bertz CT molecular complexity index is 759. The fraction of sp³-hybridized carbons (Fsp3) is 0.263. The topological polar surface area (TPSA) is 67.4 Å². The Labute approximate surface area is 145 Å². The van der Waals surface area contributed by atoms with E-state index in [1.807, 2.05) is 19.1 Å². The van der Waals surface area contributed by atoms with E-state index < -0.39 is 0 Å². The summed E-state index contributed by atoms with van der Waals surface area (Å²) in [5, 5.41) is 6.01. The SMILES string of the molecule is CC(NC1CCOC1=O)c1ccc(NC(=O)c2ccc(F)cc2)cc1. The Hall–Kier alpha value is -2.73. The highest BCUT2D eigenvalue weighted by Crippen LogP contribution is 2.19. The third-order valence-corrected chi connectivity index (χ3v) is 4.16. The second-order valence-electron chi connectivity index (χ2n) is 5.98. The van der Waals surface area contributed by atoms with Crippen LogP contribution in [0.15, 0.2) is 48.5 Å². The van der Waals surface area contributed by atoms with Crippen molar-refractivity contribution in [1.29, 1.82) is 0 Å². The van der Waals surface area contributed by atoms with Gasteiger partial charge in [0.1, 0.15) is 11.9 Å². The number of halogens is 1. The average Bonchev–Trinajstić information content (AvgIpc) is 3.01. The average molecular weight is 342 g/mol. The van der Waals surface area contributed by atoms with Crippen molar-refractivity contribution >= 4 is 17.6 Å². The summed E-state index contributed by atoms with van der Waals surface area (Å²) in [4.78, 5) is 23.6. The first-order chi connectivity index (χ1) is 12.0. The van der Waals surface area contributed by atoms with Crippen LogP contribution in [-0.2, 0) is 9.53 Å². The highest BCUT2D eigenvalue weighted by molar-refractivity contribution is 6.04. The Kier molecular flexibility index (Phi) is 5.09. The van der Waals surface area contributed by atoms with E-state index in [-0.39, 0.29) is 29.8 Å². The van der Waals surface area contributed by atoms with Crippen molar-refractivity contribution in [2.24, 2.45) is 0 Å². The lowest BCUT2D eigenvalue weighted by atomic mass is 10.1. The highest BCUT2D eigenvalue weighted by Gasteiger charge is 2.27. The lowest BCUT2D eigenvalue weighted by molar-refractivity contribution is -0.139. The van der Waals surface area contributed by atoms with Gasteiger partial charge in [0.25, 0.3) is 5.91 Å². The molecule has 5 nitrogen and oxygen atoms in total. The molecule has 130 valence electrons. The van der Waals surface area contributed by atoms with Crippen LogP contribution in [0.4, 0.5) is 10.1 Å². The summed E-state index contributed by atoms with van der Waals surface area (Å²) >= 11 is 0. The third kappa shape index (κ3) is 4.22. The number of esters is 1. The maximum atomic E-state index is 12.9. The molecule has 2 aromatic carbocycles. The molecule has 1 saturated heterocycles. The smallest absolute Gasteiger partial charge is 0.323 e. The number of cyclic esters (lactones) is 1. The van der Waals surface area contributed by atoms with Gasteiger partial charge in [0.15, 0.2) is 0 Å². The zero-order chi connectivity index (χ0) is 17.8. The van der Waals surface area contributed by atoms with Crippen LogP contribution in [0.3, 0.4) is 0 Å². The Balaban J connectivity index is 1.60. The van der Waals surface area contributed by atoms with Gasteiger partial charge in [0.05, 0.1) is 6.61 Å². The predicted molar refractivity (Wildman–Crippen MR) is 91.7 cm³/mol. The molecule has 1 aliphatic rings. The van der Waals surface area contributed by atoms with E-state index in [0.717, 1.165) is 5.56 Å². The van der Waals surface area contributed by atoms with E-state index in [2.05, 4.69) is 10.6 Å². The molecule has 0 aliphatic carbocycles. The van der Waals surface area contributed by atoms with Crippen molar-refractivity contribution in [2.75, 3.05) is 11.9 Å². The molecule has 3 rings (SSSR count). The fourth-order valence-electron chi connectivity index (χ4n) is 2.70. The maximum Gasteiger partial charge on any atom is 0.323 e. The number of anilines is 1. The number of hydrogen-bond donors (Lipinski definition) is 2. The van der Waals surface area contributed by atoms with E-state index in [1.165, 1.54) is 24.3 Å². The van der Waals surface area contributed by atoms with Crippen molar-refractivity contribution < 1.29 is 18.7 Å². The van der Waals surface area contributed by atoms with Crippen LogP contribution in [0, 0.1) is 5.82 Å². The van der Waals surface area contributed by atoms with Crippen LogP contribution in [0.5, 0.6) is 0 Å². The second-order valence-corrected chi connectivity index (χ2v) is 5.98. The van der Waals surface area contributed by atoms with Gasteiger partial charge < -0.3 is 10.1 Å². The van der Waals surface area contributed by atoms with Crippen molar-refractivity contribution in [2.45, 2.75) is 25.4 Å². The lowest BCUT2D eigenvalue weighted by Crippen LogP contribution is -2.35. The molecule has 0 radical (unpaired) electrons. The van der Waals surface area contributed by atoms with Crippen molar-refractivity contribution in [3.05, 3.63) is 65.5 Å². The molecule has 2 unspecified atom stereocenters. The van der Waals surface area contributed by atoms with Crippen molar-refractivity contribution in [3.8, 4) is 0 Å². The van der Waals surface area contributed by atoms with Gasteiger partial charge in [-0.3, -0.25) is 14.9 Å². The Morgan fingerprint density at radius 3 is 2.44 bits per heavy atom. The van der Waals surface area contributed by atoms with E-state index in [4.69, 9.17) is 4.74 Å². The number of carbonyl (C=O) groups excluding carboxylic acids is 2. The predicted octanol–water partition coefficient (Wildman–Crippen LogP) is 3.04. The van der Waals surface area contributed by atoms with Gasteiger partial charge in [-0.15, -0.1) is 0 Å². The van der Waals surface area contributed by atoms with Gasteiger partial charge in [-0.1, -0.05) is 12.1 Å². The Morgan fingerprint density at radius 2 is 1.84 bits per heavy atom. The number of nitrogens with one attached hydrogen (secondary N) is 2. The molecule has 2 aromatic rings. The van der Waals surface area contributed by atoms with Crippen molar-refractivity contribution in [1.82, 2.24) is 5.32 Å². The molecule has 0 aromatic heterocycles. The van der Waals surface area contributed by atoms with E-state index in [1.54, 1.807) is 12.1 Å². The normalized spacial score (nSPS) is 17.8. The molecular weight excluding hydrogens is 323 g/mol. The fourth-order valence-corrected chi connectivity index (χ4v) is 2.70. The minimum Gasteiger partial charge on any atom is -0.464 e. The van der Waals surface area contributed by atoms with Crippen LogP contribution in [0.1, 0.15) is 35.3 Å². The number of ether oxygens (including phenoxy) is 1. The Morgan fingerprint density at radius 1 is 1.16 bits per heavy atom. The minimum atomic E-state index is -0.381. The maximum absolute atomic E-state index is 12.9. The molecule has 1 amide bonds. The lowest BCUT2D eigenvalue weighted by Gasteiger charge is -2.17. The molecule has 1 heterocycles. The molecule has 1 fully saturated rings. The van der Waals surface area contributed by atoms with Gasteiger partial charge in [-0.25, -0.2) is 4.39 Å². The standard InChI is InChI=1S/C19H19FN2O3/c1-12(21-17-10-11-25-19(17)24)13-4-8-16(9-5-13)22-18(23)14-2-6-15(20)7-3-14/h2-9,12,17,21H,10-11H2,1H3,(H,22,23). The third-order valence-electron chi connectivity index (χ3n) is 4.16. The van der Waals surface area contributed by atoms with Crippen LogP contribution < -0.4 is 10.6 Å². The van der Waals surface area contributed by atoms with Crippen LogP contribution >= 0.6 is 0 Å². The quantitative estimate of drug-likeness (QED) is 0.820. The van der Waals surface area contributed by atoms with Gasteiger partial charge in [-0.05, 0) is 48.9 Å². The van der Waals surface area contributed by atoms with Crippen LogP contribution in [0.25, 0.3) is 0 Å². The van der Waals surface area contributed by atoms with E-state index in [0.29, 0.717) is 24.3 Å². The molecule has 0 saturated carbocycles. The van der Waals surface area contributed by atoms with Crippen LogP contribution in [0.2, 0.25) is 0 Å². The van der Waals surface area contributed by atoms with E-state index >= 15 is 0 Å². The molecule has 6 heteroatoms. The first-order valence-electron chi connectivity index (χ1n) is 8.12. The molecular formula is C19H19FN2O3. The molecule has 0 bridgehead atoms. The summed E-state index contributed by atoms with van der Waals surface area (Å²) in [5.41, 5.74) is 2.03. The molecule has 1 aliphatic heterocycles. The zero-order valence-electron chi connectivity index (χ0n) is 13.8. The minimum absolute atomic E-state index is 0.0162. The number of benzene rings is 2. The largest absolute Gasteiger partial charge is 0.464 e. The molecule has 2 atom stereocenters. The first-order valence-corrected chi connectivity index (χ1v) is 8.12. The van der Waals surface area contributed by atoms with Gasteiger partial charge in [0, 0.05) is 23.7 Å².